The number of pyridine rings is 1. The second-order valence-electron chi connectivity index (χ2n) is 8.55. The molecule has 0 saturated carbocycles. The maximum atomic E-state index is 14.4. The van der Waals surface area contributed by atoms with E-state index in [2.05, 4.69) is 19.9 Å². The fraction of sp³-hybridized carbons (Fsp3) is 0.292. The lowest BCUT2D eigenvalue weighted by molar-refractivity contribution is 0.0256. The maximum Gasteiger partial charge on any atom is 0.358 e. The number of urea groups is 1. The molecule has 5 rings (SSSR count). The topological polar surface area (TPSA) is 102 Å². The van der Waals surface area contributed by atoms with Crippen LogP contribution in [0.25, 0.3) is 11.4 Å². The Kier molecular flexibility index (Phi) is 6.27. The van der Waals surface area contributed by atoms with Gasteiger partial charge in [-0.05, 0) is 17.7 Å². The number of esters is 1. The number of carbonyl (C=O) groups excluding carboxylic acids is 2. The third-order valence-electron chi connectivity index (χ3n) is 6.06. The molecular weight excluding hydrogens is 493 g/mol. The highest BCUT2D eigenvalue weighted by molar-refractivity contribution is 5.88. The average molecular weight is 514 g/mol. The number of hydrogen-bond donors (Lipinski definition) is 0. The third kappa shape index (κ3) is 4.71. The fourth-order valence-electron chi connectivity index (χ4n) is 4.20. The number of amides is 2. The highest BCUT2D eigenvalue weighted by atomic mass is 19.1. The van der Waals surface area contributed by atoms with Crippen molar-refractivity contribution in [3.05, 3.63) is 65.2 Å². The van der Waals surface area contributed by atoms with Gasteiger partial charge in [0.15, 0.2) is 17.3 Å². The second kappa shape index (κ2) is 9.56. The van der Waals surface area contributed by atoms with Crippen LogP contribution in [-0.2, 0) is 11.8 Å². The molecule has 10 nitrogen and oxygen atoms in total. The molecule has 2 aliphatic rings. The first-order valence-corrected chi connectivity index (χ1v) is 11.2. The zero-order chi connectivity index (χ0) is 26.3. The molecule has 4 heterocycles. The minimum Gasteiger partial charge on any atom is -0.483 e. The number of nitrogens with zero attached hydrogens (tertiary/aromatic N) is 6. The van der Waals surface area contributed by atoms with Gasteiger partial charge in [0.1, 0.15) is 17.7 Å². The van der Waals surface area contributed by atoms with E-state index in [1.54, 1.807) is 7.05 Å². The van der Waals surface area contributed by atoms with Crippen molar-refractivity contribution < 1.29 is 32.2 Å². The Labute approximate surface area is 208 Å². The summed E-state index contributed by atoms with van der Waals surface area (Å²) < 4.78 is 53.6. The van der Waals surface area contributed by atoms with E-state index in [-0.39, 0.29) is 24.5 Å². The molecule has 0 N–H and O–H groups in total. The predicted molar refractivity (Wildman–Crippen MR) is 123 cm³/mol. The van der Waals surface area contributed by atoms with Crippen molar-refractivity contribution >= 4 is 18.2 Å². The van der Waals surface area contributed by atoms with Crippen LogP contribution in [0.2, 0.25) is 0 Å². The van der Waals surface area contributed by atoms with Crippen LogP contribution in [0.4, 0.5) is 18.0 Å². The Bertz CT molecular complexity index is 1380. The fourth-order valence-corrected chi connectivity index (χ4v) is 4.20. The molecular formula is C24H21F3N6O4. The molecule has 1 aromatic carbocycles. The van der Waals surface area contributed by atoms with E-state index in [0.29, 0.717) is 23.4 Å². The summed E-state index contributed by atoms with van der Waals surface area (Å²) >= 11 is 0. The van der Waals surface area contributed by atoms with E-state index >= 15 is 0 Å². The maximum absolute atomic E-state index is 14.4. The van der Waals surface area contributed by atoms with Gasteiger partial charge in [-0.25, -0.2) is 27.8 Å². The summed E-state index contributed by atoms with van der Waals surface area (Å²) in [6.07, 6.45) is 2.33. The quantitative estimate of drug-likeness (QED) is 0.485. The Morgan fingerprint density at radius 3 is 2.49 bits per heavy atom. The van der Waals surface area contributed by atoms with Crippen molar-refractivity contribution in [3.8, 4) is 17.1 Å². The first kappa shape index (κ1) is 24.3. The van der Waals surface area contributed by atoms with E-state index in [1.165, 1.54) is 52.2 Å². The lowest BCUT2D eigenvalue weighted by atomic mass is 10.0. The summed E-state index contributed by atoms with van der Waals surface area (Å²) in [5.41, 5.74) is 1.15. The van der Waals surface area contributed by atoms with E-state index < -0.39 is 41.6 Å². The number of methoxy groups -OCH3 is 1. The Morgan fingerprint density at radius 2 is 1.78 bits per heavy atom. The minimum absolute atomic E-state index is 0.0739. The molecule has 2 aromatic heterocycles. The normalized spacial score (nSPS) is 17.2. The van der Waals surface area contributed by atoms with Gasteiger partial charge in [0.2, 0.25) is 0 Å². The highest BCUT2D eigenvalue weighted by Gasteiger charge is 2.39. The zero-order valence-corrected chi connectivity index (χ0v) is 19.8. The van der Waals surface area contributed by atoms with Crippen LogP contribution < -0.4 is 4.74 Å². The Morgan fingerprint density at radius 1 is 1.05 bits per heavy atom. The van der Waals surface area contributed by atoms with Crippen LogP contribution in [0.1, 0.15) is 28.5 Å². The second-order valence-corrected chi connectivity index (χ2v) is 8.55. The van der Waals surface area contributed by atoms with Crippen LogP contribution >= 0.6 is 0 Å². The van der Waals surface area contributed by atoms with Crippen LogP contribution in [0, 0.1) is 17.5 Å². The van der Waals surface area contributed by atoms with Gasteiger partial charge in [0, 0.05) is 37.9 Å². The molecule has 3 aromatic rings. The minimum atomic E-state index is -0.738. The van der Waals surface area contributed by atoms with Gasteiger partial charge in [-0.15, -0.1) is 0 Å². The highest BCUT2D eigenvalue weighted by Crippen LogP contribution is 2.32. The Balaban J connectivity index is 1.25. The van der Waals surface area contributed by atoms with E-state index in [4.69, 9.17) is 4.74 Å². The molecule has 13 heteroatoms. The molecule has 0 aliphatic carbocycles. The van der Waals surface area contributed by atoms with Gasteiger partial charge >= 0.3 is 12.0 Å². The molecule has 1 atom stereocenters. The predicted octanol–water partition coefficient (Wildman–Crippen LogP) is 3.30. The van der Waals surface area contributed by atoms with Crippen molar-refractivity contribution in [1.82, 2.24) is 24.7 Å². The molecule has 1 saturated heterocycles. The van der Waals surface area contributed by atoms with Gasteiger partial charge in [-0.2, -0.15) is 10.2 Å². The monoisotopic (exact) mass is 514 g/mol. The van der Waals surface area contributed by atoms with Crippen molar-refractivity contribution in [3.63, 3.8) is 0 Å². The molecule has 2 amide bonds. The summed E-state index contributed by atoms with van der Waals surface area (Å²) in [5.74, 6) is -2.86. The lowest BCUT2D eigenvalue weighted by Crippen LogP contribution is -2.58. The Hall–Kier alpha value is -4.42. The summed E-state index contributed by atoms with van der Waals surface area (Å²) in [7, 11) is 2.85. The van der Waals surface area contributed by atoms with E-state index in [9.17, 15) is 22.8 Å². The summed E-state index contributed by atoms with van der Waals surface area (Å²) in [5, 5.41) is 9.32. The molecule has 2 aliphatic heterocycles. The molecule has 0 unspecified atom stereocenters. The SMILES string of the molecule is COC(=O)c1cc(-c2cc(OC3CN(C(=O)N4N=CC[C@H]4c4cc(F)cc(F)c4)C3)c(F)cn2)n(C)n1. The van der Waals surface area contributed by atoms with E-state index in [1.807, 2.05) is 0 Å². The number of ether oxygens (including phenoxy) is 2. The first-order valence-electron chi connectivity index (χ1n) is 11.2. The van der Waals surface area contributed by atoms with Gasteiger partial charge in [0.25, 0.3) is 0 Å². The van der Waals surface area contributed by atoms with Gasteiger partial charge in [0.05, 0.1) is 43.8 Å². The van der Waals surface area contributed by atoms with Crippen molar-refractivity contribution in [1.29, 1.82) is 0 Å². The largest absolute Gasteiger partial charge is 0.483 e. The number of aromatic nitrogens is 3. The van der Waals surface area contributed by atoms with Gasteiger partial charge in [-0.3, -0.25) is 9.67 Å². The average Bonchev–Trinajstić information content (AvgIpc) is 3.48. The number of carbonyl (C=O) groups is 2. The number of hydrazone groups is 1. The van der Waals surface area contributed by atoms with Crippen LogP contribution in [-0.4, -0.2) is 69.2 Å². The van der Waals surface area contributed by atoms with Gasteiger partial charge in [-0.1, -0.05) is 0 Å². The number of halogens is 3. The molecule has 0 bridgehead atoms. The van der Waals surface area contributed by atoms with Gasteiger partial charge < -0.3 is 14.4 Å². The zero-order valence-electron chi connectivity index (χ0n) is 19.8. The number of benzene rings is 1. The number of likely N-dealkylation sites (tertiary alicyclic amines) is 1. The molecule has 37 heavy (non-hydrogen) atoms. The molecule has 192 valence electrons. The molecule has 0 spiro atoms. The third-order valence-corrected chi connectivity index (χ3v) is 6.06. The summed E-state index contributed by atoms with van der Waals surface area (Å²) in [6.45, 7) is 0.314. The smallest absolute Gasteiger partial charge is 0.358 e. The van der Waals surface area contributed by atoms with Crippen molar-refractivity contribution in [2.75, 3.05) is 20.2 Å². The number of hydrogen-bond acceptors (Lipinski definition) is 7. The van der Waals surface area contributed by atoms with Crippen LogP contribution in [0.3, 0.4) is 0 Å². The summed E-state index contributed by atoms with van der Waals surface area (Å²) in [6, 6.07) is 4.87. The lowest BCUT2D eigenvalue weighted by Gasteiger charge is -2.41. The van der Waals surface area contributed by atoms with E-state index in [0.717, 1.165) is 12.3 Å². The standard InChI is InChI=1S/C24H21F3N6O4/c1-31-21(8-19(30-31)23(34)36-2)18-9-22(17(27)10-28-18)37-16-11-32(12-16)24(35)33-20(3-4-29-33)13-5-14(25)7-15(26)6-13/h4-10,16,20H,3,11-12H2,1-2H3/t20-/m0/s1. The van der Waals surface area contributed by atoms with Crippen molar-refractivity contribution in [2.45, 2.75) is 18.6 Å². The molecule has 0 radical (unpaired) electrons. The number of rotatable bonds is 5. The molecule has 1 fully saturated rings. The first-order chi connectivity index (χ1) is 17.7. The van der Waals surface area contributed by atoms with Crippen LogP contribution in [0.5, 0.6) is 5.75 Å². The van der Waals surface area contributed by atoms with Crippen molar-refractivity contribution in [2.24, 2.45) is 12.1 Å². The van der Waals surface area contributed by atoms with Crippen LogP contribution in [0.15, 0.2) is 41.6 Å². The number of aryl methyl sites for hydroxylation is 1. The summed E-state index contributed by atoms with van der Waals surface area (Å²) in [4.78, 5) is 30.2.